The van der Waals surface area contributed by atoms with E-state index in [4.69, 9.17) is 4.52 Å². The van der Waals surface area contributed by atoms with Crippen LogP contribution in [0.5, 0.6) is 0 Å². The van der Waals surface area contributed by atoms with Crippen molar-refractivity contribution in [2.45, 2.75) is 31.6 Å². The van der Waals surface area contributed by atoms with Gasteiger partial charge in [-0.05, 0) is 44.5 Å². The molecule has 0 unspecified atom stereocenters. The lowest BCUT2D eigenvalue weighted by atomic mass is 10.1. The van der Waals surface area contributed by atoms with Crippen LogP contribution in [0.1, 0.15) is 28.2 Å². The molecule has 0 spiro atoms. The van der Waals surface area contributed by atoms with Crippen molar-refractivity contribution < 1.29 is 4.52 Å². The molecule has 0 radical (unpaired) electrons. The van der Waals surface area contributed by atoms with E-state index < -0.39 is 0 Å². The number of hydrogen-bond acceptors (Lipinski definition) is 6. The van der Waals surface area contributed by atoms with Crippen LogP contribution in [-0.4, -0.2) is 15.1 Å². The molecule has 2 heterocycles. The van der Waals surface area contributed by atoms with E-state index in [1.807, 2.05) is 51.1 Å². The first kappa shape index (κ1) is 16.2. The van der Waals surface area contributed by atoms with Gasteiger partial charge in [-0.25, -0.2) is 4.98 Å². The van der Waals surface area contributed by atoms with Crippen molar-refractivity contribution >= 4 is 11.8 Å². The fourth-order valence-electron chi connectivity index (χ4n) is 2.30. The third kappa shape index (κ3) is 3.47. The van der Waals surface area contributed by atoms with E-state index in [-0.39, 0.29) is 0 Å². The van der Waals surface area contributed by atoms with Gasteiger partial charge < -0.3 is 4.52 Å². The van der Waals surface area contributed by atoms with Crippen LogP contribution in [-0.2, 0) is 5.75 Å². The van der Waals surface area contributed by atoms with E-state index in [2.05, 4.69) is 21.2 Å². The van der Waals surface area contributed by atoms with Crippen LogP contribution in [0, 0.1) is 32.1 Å². The van der Waals surface area contributed by atoms with Crippen LogP contribution < -0.4 is 0 Å². The van der Waals surface area contributed by atoms with Gasteiger partial charge in [0, 0.05) is 11.3 Å². The first-order valence-corrected chi connectivity index (χ1v) is 8.46. The fraction of sp³-hybridized carbons (Fsp3) is 0.222. The molecule has 120 valence electrons. The van der Waals surface area contributed by atoms with Crippen molar-refractivity contribution in [3.8, 4) is 17.5 Å². The molecule has 2 aromatic heterocycles. The first-order chi connectivity index (χ1) is 11.6. The van der Waals surface area contributed by atoms with Crippen LogP contribution in [0.2, 0.25) is 0 Å². The molecule has 3 aromatic rings. The lowest BCUT2D eigenvalue weighted by Gasteiger charge is -2.05. The third-order valence-corrected chi connectivity index (χ3v) is 4.50. The smallest absolute Gasteiger partial charge is 0.257 e. The van der Waals surface area contributed by atoms with Crippen LogP contribution in [0.25, 0.3) is 11.5 Å². The number of pyridine rings is 1. The van der Waals surface area contributed by atoms with E-state index in [9.17, 15) is 5.26 Å². The van der Waals surface area contributed by atoms with Crippen molar-refractivity contribution in [2.75, 3.05) is 0 Å². The zero-order valence-corrected chi connectivity index (χ0v) is 14.5. The van der Waals surface area contributed by atoms with Crippen molar-refractivity contribution in [2.24, 2.45) is 0 Å². The highest BCUT2D eigenvalue weighted by molar-refractivity contribution is 7.98. The summed E-state index contributed by atoms with van der Waals surface area (Å²) in [7, 11) is 0. The summed E-state index contributed by atoms with van der Waals surface area (Å²) in [6.07, 6.45) is 0. The molecule has 1 aromatic carbocycles. The molecule has 0 aliphatic rings. The number of hydrogen-bond donors (Lipinski definition) is 0. The van der Waals surface area contributed by atoms with Crippen molar-refractivity contribution in [3.05, 3.63) is 58.5 Å². The minimum Gasteiger partial charge on any atom is -0.334 e. The van der Waals surface area contributed by atoms with Gasteiger partial charge >= 0.3 is 0 Å². The lowest BCUT2D eigenvalue weighted by Crippen LogP contribution is -1.95. The number of rotatable bonds is 4. The van der Waals surface area contributed by atoms with Crippen molar-refractivity contribution in [3.63, 3.8) is 0 Å². The molecule has 24 heavy (non-hydrogen) atoms. The highest BCUT2D eigenvalue weighted by Crippen LogP contribution is 2.27. The van der Waals surface area contributed by atoms with Crippen molar-refractivity contribution in [1.29, 1.82) is 5.26 Å². The predicted octanol–water partition coefficient (Wildman–Crippen LogP) is 4.22. The topological polar surface area (TPSA) is 75.6 Å². The maximum Gasteiger partial charge on any atom is 0.257 e. The largest absolute Gasteiger partial charge is 0.334 e. The average Bonchev–Trinajstić information content (AvgIpc) is 3.02. The van der Waals surface area contributed by atoms with Crippen LogP contribution in [0.15, 0.2) is 39.9 Å². The molecule has 0 aliphatic carbocycles. The second-order valence-corrected chi connectivity index (χ2v) is 6.51. The van der Waals surface area contributed by atoms with Gasteiger partial charge in [0.15, 0.2) is 5.82 Å². The number of nitrogens with zero attached hydrogens (tertiary/aromatic N) is 4. The highest BCUT2D eigenvalue weighted by Gasteiger charge is 2.13. The van der Waals surface area contributed by atoms with E-state index in [1.54, 1.807) is 0 Å². The van der Waals surface area contributed by atoms with Gasteiger partial charge in [0.2, 0.25) is 0 Å². The Balaban J connectivity index is 1.77. The summed E-state index contributed by atoms with van der Waals surface area (Å²) >= 11 is 1.45. The molecule has 0 bridgehead atoms. The SMILES string of the molecule is Cc1ccc(-c2nc(CSc3nc(C)cc(C)c3C#N)no2)cc1. The van der Waals surface area contributed by atoms with Gasteiger partial charge in [0.1, 0.15) is 11.1 Å². The van der Waals surface area contributed by atoms with Gasteiger partial charge in [-0.3, -0.25) is 0 Å². The molecule has 0 atom stereocenters. The molecule has 6 heteroatoms. The number of nitriles is 1. The Bertz CT molecular complexity index is 910. The number of aryl methyl sites for hydroxylation is 3. The molecule has 0 aliphatic heterocycles. The molecule has 0 amide bonds. The molecule has 0 fully saturated rings. The molecular formula is C18H16N4OS. The monoisotopic (exact) mass is 336 g/mol. The summed E-state index contributed by atoms with van der Waals surface area (Å²) in [6, 6.07) is 12.1. The van der Waals surface area contributed by atoms with E-state index in [0.29, 0.717) is 28.1 Å². The normalized spacial score (nSPS) is 10.6. The molecule has 0 saturated carbocycles. The maximum atomic E-state index is 9.31. The summed E-state index contributed by atoms with van der Waals surface area (Å²) in [5.41, 5.74) is 4.50. The van der Waals surface area contributed by atoms with Gasteiger partial charge in [-0.15, -0.1) is 0 Å². The lowest BCUT2D eigenvalue weighted by molar-refractivity contribution is 0.425. The summed E-state index contributed by atoms with van der Waals surface area (Å²) in [4.78, 5) is 8.87. The first-order valence-electron chi connectivity index (χ1n) is 7.47. The quantitative estimate of drug-likeness (QED) is 0.664. The summed E-state index contributed by atoms with van der Waals surface area (Å²) in [6.45, 7) is 5.87. The summed E-state index contributed by atoms with van der Waals surface area (Å²) in [5.74, 6) is 1.58. The van der Waals surface area contributed by atoms with Crippen LogP contribution in [0.3, 0.4) is 0 Å². The zero-order chi connectivity index (χ0) is 17.1. The van der Waals surface area contributed by atoms with Gasteiger partial charge in [-0.1, -0.05) is 34.6 Å². The molecular weight excluding hydrogens is 320 g/mol. The number of thioether (sulfide) groups is 1. The number of benzene rings is 1. The van der Waals surface area contributed by atoms with Crippen molar-refractivity contribution in [1.82, 2.24) is 15.1 Å². The minimum absolute atomic E-state index is 0.500. The molecule has 0 saturated heterocycles. The Labute approximate surface area is 144 Å². The van der Waals surface area contributed by atoms with E-state index >= 15 is 0 Å². The number of aromatic nitrogens is 3. The Morgan fingerprint density at radius 1 is 1.12 bits per heavy atom. The Morgan fingerprint density at radius 3 is 2.58 bits per heavy atom. The second kappa shape index (κ2) is 6.85. The summed E-state index contributed by atoms with van der Waals surface area (Å²) in [5, 5.41) is 14.0. The van der Waals surface area contributed by atoms with Crippen LogP contribution in [0.4, 0.5) is 0 Å². The maximum absolute atomic E-state index is 9.31. The van der Waals surface area contributed by atoms with Gasteiger partial charge in [0.25, 0.3) is 5.89 Å². The second-order valence-electron chi connectivity index (χ2n) is 5.54. The average molecular weight is 336 g/mol. The van der Waals surface area contributed by atoms with E-state index in [0.717, 1.165) is 16.8 Å². The predicted molar refractivity (Wildman–Crippen MR) is 92.5 cm³/mol. The van der Waals surface area contributed by atoms with Gasteiger partial charge in [0.05, 0.1) is 11.3 Å². The molecule has 0 N–H and O–H groups in total. The summed E-state index contributed by atoms with van der Waals surface area (Å²) < 4.78 is 5.32. The Morgan fingerprint density at radius 2 is 1.88 bits per heavy atom. The fourth-order valence-corrected chi connectivity index (χ4v) is 3.24. The minimum atomic E-state index is 0.500. The molecule has 5 nitrogen and oxygen atoms in total. The molecule has 3 rings (SSSR count). The highest BCUT2D eigenvalue weighted by atomic mass is 32.2. The Kier molecular flexibility index (Phi) is 4.63. The Hall–Kier alpha value is -2.65. The van der Waals surface area contributed by atoms with E-state index in [1.165, 1.54) is 17.3 Å². The standard InChI is InChI=1S/C18H16N4OS/c1-11-4-6-14(7-5-11)17-21-16(22-23-17)10-24-18-15(9-19)12(2)8-13(3)20-18/h4-8H,10H2,1-3H3. The van der Waals surface area contributed by atoms with Gasteiger partial charge in [-0.2, -0.15) is 10.2 Å². The third-order valence-electron chi connectivity index (χ3n) is 3.53. The zero-order valence-electron chi connectivity index (χ0n) is 13.7. The van der Waals surface area contributed by atoms with Crippen LogP contribution >= 0.6 is 11.8 Å².